The van der Waals surface area contributed by atoms with Crippen LogP contribution in [0.3, 0.4) is 0 Å². The first-order valence-electron chi connectivity index (χ1n) is 6.59. The number of aromatic nitrogens is 1. The molecule has 1 N–H and O–H groups in total. The number of aliphatic hydroxyl groups is 1. The molecule has 2 heterocycles. The van der Waals surface area contributed by atoms with Crippen LogP contribution in [-0.4, -0.2) is 16.1 Å². The maximum absolute atomic E-state index is 9.74. The fourth-order valence-corrected chi connectivity index (χ4v) is 3.29. The summed E-state index contributed by atoms with van der Waals surface area (Å²) < 4.78 is 5.43. The molecule has 1 unspecified atom stereocenters. The smallest absolute Gasteiger partial charge is 0.186 e. The highest BCUT2D eigenvalue weighted by Gasteiger charge is 2.32. The zero-order valence-electron chi connectivity index (χ0n) is 11.2. The standard InChI is InChI=1S/C14H18N2O2S/c1-9-13(10(2)17)19-14(15-9)16(11-5-6-11)8-12-4-3-7-18-12/h3-4,7,10-11,17H,5-6,8H2,1-2H3. The highest BCUT2D eigenvalue weighted by atomic mass is 32.1. The Kier molecular flexibility index (Phi) is 3.33. The van der Waals surface area contributed by atoms with Gasteiger partial charge in [0, 0.05) is 6.04 Å². The van der Waals surface area contributed by atoms with Crippen LogP contribution in [0, 0.1) is 6.92 Å². The van der Waals surface area contributed by atoms with Gasteiger partial charge in [0.05, 0.1) is 29.5 Å². The third-order valence-electron chi connectivity index (χ3n) is 3.34. The Balaban J connectivity index is 1.85. The fourth-order valence-electron chi connectivity index (χ4n) is 2.21. The van der Waals surface area contributed by atoms with Gasteiger partial charge in [0.1, 0.15) is 5.76 Å². The van der Waals surface area contributed by atoms with Crippen molar-refractivity contribution in [2.45, 2.75) is 45.4 Å². The maximum Gasteiger partial charge on any atom is 0.186 e. The molecule has 4 nitrogen and oxygen atoms in total. The summed E-state index contributed by atoms with van der Waals surface area (Å²) in [5, 5.41) is 10.7. The zero-order chi connectivity index (χ0) is 13.4. The number of aryl methyl sites for hydroxylation is 1. The van der Waals surface area contributed by atoms with Gasteiger partial charge in [0.15, 0.2) is 5.13 Å². The minimum atomic E-state index is -0.448. The largest absolute Gasteiger partial charge is 0.467 e. The molecule has 1 fully saturated rings. The highest BCUT2D eigenvalue weighted by molar-refractivity contribution is 7.15. The second-order valence-corrected chi connectivity index (χ2v) is 6.07. The van der Waals surface area contributed by atoms with E-state index in [9.17, 15) is 5.11 Å². The maximum atomic E-state index is 9.74. The van der Waals surface area contributed by atoms with Crippen LogP contribution in [0.25, 0.3) is 0 Å². The van der Waals surface area contributed by atoms with E-state index in [2.05, 4.69) is 9.88 Å². The number of anilines is 1. The normalized spacial score (nSPS) is 16.6. The van der Waals surface area contributed by atoms with E-state index in [-0.39, 0.29) is 0 Å². The molecule has 0 saturated heterocycles. The third-order valence-corrected chi connectivity index (χ3v) is 4.71. The average molecular weight is 278 g/mol. The molecule has 0 aromatic carbocycles. The molecule has 0 radical (unpaired) electrons. The molecule has 0 spiro atoms. The number of thiazole rings is 1. The summed E-state index contributed by atoms with van der Waals surface area (Å²) in [7, 11) is 0. The van der Waals surface area contributed by atoms with Crippen molar-refractivity contribution in [1.29, 1.82) is 0 Å². The predicted molar refractivity (Wildman–Crippen MR) is 75.4 cm³/mol. The van der Waals surface area contributed by atoms with Gasteiger partial charge in [0.2, 0.25) is 0 Å². The van der Waals surface area contributed by atoms with Gasteiger partial charge in [-0.1, -0.05) is 11.3 Å². The molecular formula is C14H18N2O2S. The van der Waals surface area contributed by atoms with Gasteiger partial charge >= 0.3 is 0 Å². The van der Waals surface area contributed by atoms with Gasteiger partial charge < -0.3 is 14.4 Å². The van der Waals surface area contributed by atoms with Crippen molar-refractivity contribution in [1.82, 2.24) is 4.98 Å². The minimum absolute atomic E-state index is 0.448. The van der Waals surface area contributed by atoms with E-state index in [4.69, 9.17) is 4.42 Å². The fraction of sp³-hybridized carbons (Fsp3) is 0.500. The van der Waals surface area contributed by atoms with Crippen molar-refractivity contribution in [3.05, 3.63) is 34.7 Å². The molecule has 1 saturated carbocycles. The van der Waals surface area contributed by atoms with E-state index >= 15 is 0 Å². The number of furan rings is 1. The van der Waals surface area contributed by atoms with E-state index in [0.29, 0.717) is 6.04 Å². The lowest BCUT2D eigenvalue weighted by Crippen LogP contribution is -2.24. The molecule has 1 atom stereocenters. The second-order valence-electron chi connectivity index (χ2n) is 5.06. The predicted octanol–water partition coefficient (Wildman–Crippen LogP) is 3.27. The Morgan fingerprint density at radius 1 is 1.58 bits per heavy atom. The summed E-state index contributed by atoms with van der Waals surface area (Å²) in [5.74, 6) is 0.957. The Hall–Kier alpha value is -1.33. The zero-order valence-corrected chi connectivity index (χ0v) is 12.0. The quantitative estimate of drug-likeness (QED) is 0.912. The van der Waals surface area contributed by atoms with E-state index in [0.717, 1.165) is 28.0 Å². The van der Waals surface area contributed by atoms with Crippen LogP contribution < -0.4 is 4.90 Å². The average Bonchev–Trinajstić information content (AvgIpc) is 2.93. The molecular weight excluding hydrogens is 260 g/mol. The molecule has 5 heteroatoms. The van der Waals surface area contributed by atoms with Crippen molar-refractivity contribution >= 4 is 16.5 Å². The summed E-state index contributed by atoms with van der Waals surface area (Å²) in [4.78, 5) is 7.87. The first-order valence-corrected chi connectivity index (χ1v) is 7.41. The Bertz CT molecular complexity index is 544. The van der Waals surface area contributed by atoms with Gasteiger partial charge in [-0.15, -0.1) is 0 Å². The lowest BCUT2D eigenvalue weighted by molar-refractivity contribution is 0.202. The number of nitrogens with zero attached hydrogens (tertiary/aromatic N) is 2. The summed E-state index contributed by atoms with van der Waals surface area (Å²) >= 11 is 1.59. The summed E-state index contributed by atoms with van der Waals surface area (Å²) in [6, 6.07) is 4.47. The van der Waals surface area contributed by atoms with E-state index in [1.54, 1.807) is 24.5 Å². The van der Waals surface area contributed by atoms with Gasteiger partial charge in [-0.2, -0.15) is 0 Å². The molecule has 2 aromatic heterocycles. The molecule has 0 amide bonds. The van der Waals surface area contributed by atoms with Crippen molar-refractivity contribution < 1.29 is 9.52 Å². The van der Waals surface area contributed by atoms with Crippen LogP contribution in [0.15, 0.2) is 22.8 Å². The van der Waals surface area contributed by atoms with E-state index in [1.165, 1.54) is 12.8 Å². The molecule has 3 rings (SSSR count). The molecule has 1 aliphatic carbocycles. The van der Waals surface area contributed by atoms with Gasteiger partial charge in [0.25, 0.3) is 0 Å². The van der Waals surface area contributed by atoms with E-state index in [1.807, 2.05) is 19.1 Å². The van der Waals surface area contributed by atoms with Crippen LogP contribution in [0.2, 0.25) is 0 Å². The highest BCUT2D eigenvalue weighted by Crippen LogP contribution is 2.38. The first-order chi connectivity index (χ1) is 9.15. The minimum Gasteiger partial charge on any atom is -0.467 e. The lowest BCUT2D eigenvalue weighted by atomic mass is 10.3. The number of rotatable bonds is 5. The second kappa shape index (κ2) is 4.98. The Labute approximate surface area is 116 Å². The number of hydrogen-bond donors (Lipinski definition) is 1. The monoisotopic (exact) mass is 278 g/mol. The topological polar surface area (TPSA) is 49.5 Å². The van der Waals surface area contributed by atoms with Crippen LogP contribution >= 0.6 is 11.3 Å². The summed E-state index contributed by atoms with van der Waals surface area (Å²) in [6.45, 7) is 4.50. The molecule has 0 aliphatic heterocycles. The van der Waals surface area contributed by atoms with Crippen molar-refractivity contribution in [3.8, 4) is 0 Å². The SMILES string of the molecule is Cc1nc(N(Cc2ccco2)C2CC2)sc1C(C)O. The van der Waals surface area contributed by atoms with Crippen molar-refractivity contribution in [2.75, 3.05) is 4.90 Å². The van der Waals surface area contributed by atoms with Gasteiger partial charge in [-0.25, -0.2) is 4.98 Å². The summed E-state index contributed by atoms with van der Waals surface area (Å²) in [5.41, 5.74) is 0.931. The van der Waals surface area contributed by atoms with Gasteiger partial charge in [-0.3, -0.25) is 0 Å². The molecule has 19 heavy (non-hydrogen) atoms. The van der Waals surface area contributed by atoms with Crippen LogP contribution in [0.4, 0.5) is 5.13 Å². The third kappa shape index (κ3) is 2.67. The number of hydrogen-bond acceptors (Lipinski definition) is 5. The molecule has 1 aliphatic rings. The summed E-state index contributed by atoms with van der Waals surface area (Å²) in [6.07, 6.45) is 3.68. The Morgan fingerprint density at radius 2 is 2.37 bits per heavy atom. The van der Waals surface area contributed by atoms with Crippen molar-refractivity contribution in [3.63, 3.8) is 0 Å². The van der Waals surface area contributed by atoms with E-state index < -0.39 is 6.10 Å². The molecule has 102 valence electrons. The number of aliphatic hydroxyl groups excluding tert-OH is 1. The molecule has 2 aromatic rings. The van der Waals surface area contributed by atoms with Crippen LogP contribution in [0.5, 0.6) is 0 Å². The van der Waals surface area contributed by atoms with Crippen LogP contribution in [0.1, 0.15) is 42.2 Å². The Morgan fingerprint density at radius 3 is 2.89 bits per heavy atom. The van der Waals surface area contributed by atoms with Crippen molar-refractivity contribution in [2.24, 2.45) is 0 Å². The molecule has 0 bridgehead atoms. The van der Waals surface area contributed by atoms with Gasteiger partial charge in [-0.05, 0) is 38.8 Å². The van der Waals surface area contributed by atoms with Crippen LogP contribution in [-0.2, 0) is 6.54 Å². The first kappa shape index (κ1) is 12.7. The lowest BCUT2D eigenvalue weighted by Gasteiger charge is -2.19.